The van der Waals surface area contributed by atoms with Crippen molar-refractivity contribution in [3.63, 3.8) is 0 Å². The van der Waals surface area contributed by atoms with E-state index < -0.39 is 0 Å². The van der Waals surface area contributed by atoms with E-state index >= 15 is 0 Å². The van der Waals surface area contributed by atoms with Gasteiger partial charge in [-0.15, -0.1) is 0 Å². The van der Waals surface area contributed by atoms with Crippen LogP contribution < -0.4 is 0 Å². The molecule has 2 aromatic rings. The van der Waals surface area contributed by atoms with E-state index in [-0.39, 0.29) is 0 Å². The fourth-order valence-electron chi connectivity index (χ4n) is 2.57. The summed E-state index contributed by atoms with van der Waals surface area (Å²) in [5.74, 6) is 0.527. The number of hydrogen-bond donors (Lipinski definition) is 1. The average molecular weight is 263 g/mol. The molecule has 1 saturated heterocycles. The van der Waals surface area contributed by atoms with Crippen LogP contribution in [0.4, 0.5) is 0 Å². The summed E-state index contributed by atoms with van der Waals surface area (Å²) in [6.45, 7) is 5.91. The number of aromatic nitrogens is 3. The van der Waals surface area contributed by atoms with E-state index in [4.69, 9.17) is 17.0 Å². The molecule has 0 saturated carbocycles. The topological polar surface area (TPSA) is 42.8 Å². The Bertz CT molecular complexity index is 631. The Morgan fingerprint density at radius 1 is 1.61 bits per heavy atom. The fraction of sp³-hybridized carbons (Fsp3) is 0.538. The van der Waals surface area contributed by atoms with E-state index in [9.17, 15) is 0 Å². The molecule has 4 nitrogen and oxygen atoms in total. The third-order valence-electron chi connectivity index (χ3n) is 3.70. The number of pyridine rings is 1. The van der Waals surface area contributed by atoms with Crippen molar-refractivity contribution in [2.24, 2.45) is 5.92 Å². The van der Waals surface area contributed by atoms with Gasteiger partial charge in [-0.25, -0.2) is 4.98 Å². The van der Waals surface area contributed by atoms with Gasteiger partial charge in [0.2, 0.25) is 0 Å². The number of aromatic amines is 1. The average Bonchev–Trinajstić information content (AvgIpc) is 2.85. The van der Waals surface area contributed by atoms with Crippen molar-refractivity contribution in [3.05, 3.63) is 22.6 Å². The van der Waals surface area contributed by atoms with Crippen LogP contribution in [0.3, 0.4) is 0 Å². The third-order valence-corrected chi connectivity index (χ3v) is 4.02. The highest BCUT2D eigenvalue weighted by Gasteiger charge is 2.25. The number of ether oxygens (including phenoxy) is 1. The molecule has 1 aliphatic rings. The Morgan fingerprint density at radius 3 is 3.17 bits per heavy atom. The quantitative estimate of drug-likeness (QED) is 0.847. The van der Waals surface area contributed by atoms with E-state index in [1.54, 1.807) is 0 Å². The summed E-state index contributed by atoms with van der Waals surface area (Å²) in [4.78, 5) is 7.72. The zero-order chi connectivity index (χ0) is 12.7. The van der Waals surface area contributed by atoms with Crippen LogP contribution in [0.1, 0.15) is 18.9 Å². The predicted molar refractivity (Wildman–Crippen MR) is 73.2 cm³/mol. The van der Waals surface area contributed by atoms with Crippen molar-refractivity contribution < 1.29 is 4.74 Å². The summed E-state index contributed by atoms with van der Waals surface area (Å²) >= 11 is 5.40. The number of nitrogens with zero attached hydrogens (tertiary/aromatic N) is 2. The maximum atomic E-state index is 5.61. The van der Waals surface area contributed by atoms with Crippen LogP contribution in [0.15, 0.2) is 12.3 Å². The van der Waals surface area contributed by atoms with Gasteiger partial charge in [0.05, 0.1) is 11.6 Å². The van der Waals surface area contributed by atoms with Gasteiger partial charge in [-0.3, -0.25) is 0 Å². The highest BCUT2D eigenvalue weighted by Crippen LogP contribution is 2.24. The number of fused-ring (bicyclic) bond motifs is 1. The molecule has 3 heterocycles. The van der Waals surface area contributed by atoms with E-state index in [1.165, 1.54) is 0 Å². The molecule has 0 spiro atoms. The summed E-state index contributed by atoms with van der Waals surface area (Å²) < 4.78 is 8.46. The van der Waals surface area contributed by atoms with Crippen LogP contribution in [-0.4, -0.2) is 27.2 Å². The van der Waals surface area contributed by atoms with Crippen LogP contribution in [0.5, 0.6) is 0 Å². The minimum absolute atomic E-state index is 0.308. The minimum atomic E-state index is 0.308. The molecule has 96 valence electrons. The van der Waals surface area contributed by atoms with Gasteiger partial charge >= 0.3 is 0 Å². The number of imidazole rings is 1. The fourth-order valence-corrected chi connectivity index (χ4v) is 2.84. The standard InChI is InChI=1S/C13H17N3OS/c1-8-5-11-12(14-6-8)16(13(18)15-11)7-10-3-4-17-9(10)2/h5-6,9-10H,3-4,7H2,1-2H3,(H,15,18). The van der Waals surface area contributed by atoms with Crippen LogP contribution in [-0.2, 0) is 11.3 Å². The molecule has 1 N–H and O–H groups in total. The second-order valence-electron chi connectivity index (χ2n) is 5.05. The lowest BCUT2D eigenvalue weighted by Gasteiger charge is -2.14. The summed E-state index contributed by atoms with van der Waals surface area (Å²) in [7, 11) is 0. The third kappa shape index (κ3) is 1.97. The smallest absolute Gasteiger partial charge is 0.179 e. The van der Waals surface area contributed by atoms with E-state index in [2.05, 4.69) is 27.5 Å². The second-order valence-corrected chi connectivity index (χ2v) is 5.44. The summed E-state index contributed by atoms with van der Waals surface area (Å²) in [6.07, 6.45) is 3.29. The van der Waals surface area contributed by atoms with Crippen LogP contribution >= 0.6 is 12.2 Å². The van der Waals surface area contributed by atoms with Gasteiger partial charge in [0.15, 0.2) is 10.4 Å². The van der Waals surface area contributed by atoms with Crippen molar-refractivity contribution in [1.82, 2.24) is 14.5 Å². The molecular formula is C13H17N3OS. The molecular weight excluding hydrogens is 246 g/mol. The molecule has 5 heteroatoms. The highest BCUT2D eigenvalue weighted by molar-refractivity contribution is 7.71. The SMILES string of the molecule is Cc1cnc2c(c1)[nH]c(=S)n2CC1CCOC1C. The van der Waals surface area contributed by atoms with Gasteiger partial charge in [0, 0.05) is 25.3 Å². The highest BCUT2D eigenvalue weighted by atomic mass is 32.1. The Labute approximate surface area is 111 Å². The largest absolute Gasteiger partial charge is 0.378 e. The predicted octanol–water partition coefficient (Wildman–Crippen LogP) is 2.83. The molecule has 2 atom stereocenters. The second kappa shape index (κ2) is 4.48. The summed E-state index contributed by atoms with van der Waals surface area (Å²) in [5, 5.41) is 0. The van der Waals surface area contributed by atoms with Crippen molar-refractivity contribution >= 4 is 23.4 Å². The zero-order valence-corrected chi connectivity index (χ0v) is 11.5. The Balaban J connectivity index is 2.01. The first kappa shape index (κ1) is 11.9. The minimum Gasteiger partial charge on any atom is -0.378 e. The molecule has 0 aromatic carbocycles. The molecule has 1 aliphatic heterocycles. The van der Waals surface area contributed by atoms with Crippen molar-refractivity contribution in [3.8, 4) is 0 Å². The normalized spacial score (nSPS) is 23.9. The maximum absolute atomic E-state index is 5.61. The first-order valence-corrected chi connectivity index (χ1v) is 6.73. The number of H-pyrrole nitrogens is 1. The number of aryl methyl sites for hydroxylation is 1. The van der Waals surface area contributed by atoms with Crippen LogP contribution in [0, 0.1) is 17.6 Å². The van der Waals surface area contributed by atoms with Crippen molar-refractivity contribution in [1.29, 1.82) is 0 Å². The van der Waals surface area contributed by atoms with Gasteiger partial charge in [0.25, 0.3) is 0 Å². The first-order valence-electron chi connectivity index (χ1n) is 6.32. The number of nitrogens with one attached hydrogen (secondary N) is 1. The number of hydrogen-bond acceptors (Lipinski definition) is 3. The molecule has 0 radical (unpaired) electrons. The van der Waals surface area contributed by atoms with Crippen LogP contribution in [0.2, 0.25) is 0 Å². The summed E-state index contributed by atoms with van der Waals surface area (Å²) in [6, 6.07) is 2.09. The molecule has 1 fully saturated rings. The zero-order valence-electron chi connectivity index (χ0n) is 10.6. The Morgan fingerprint density at radius 2 is 2.44 bits per heavy atom. The molecule has 2 aromatic heterocycles. The van der Waals surface area contributed by atoms with Gasteiger partial charge in [-0.1, -0.05) is 0 Å². The monoisotopic (exact) mass is 263 g/mol. The first-order chi connectivity index (χ1) is 8.65. The van der Waals surface area contributed by atoms with Crippen molar-refractivity contribution in [2.45, 2.75) is 32.9 Å². The lowest BCUT2D eigenvalue weighted by Crippen LogP contribution is -2.18. The van der Waals surface area contributed by atoms with Gasteiger partial charge in [-0.2, -0.15) is 0 Å². The summed E-state index contributed by atoms with van der Waals surface area (Å²) in [5.41, 5.74) is 3.11. The van der Waals surface area contributed by atoms with Gasteiger partial charge in [-0.05, 0) is 44.1 Å². The molecule has 2 unspecified atom stereocenters. The van der Waals surface area contributed by atoms with E-state index in [0.29, 0.717) is 12.0 Å². The Hall–Kier alpha value is -1.20. The lowest BCUT2D eigenvalue weighted by atomic mass is 10.0. The molecule has 18 heavy (non-hydrogen) atoms. The molecule has 3 rings (SSSR count). The van der Waals surface area contributed by atoms with E-state index in [0.717, 1.165) is 41.1 Å². The molecule has 0 bridgehead atoms. The maximum Gasteiger partial charge on any atom is 0.179 e. The van der Waals surface area contributed by atoms with Gasteiger partial charge < -0.3 is 14.3 Å². The van der Waals surface area contributed by atoms with Crippen LogP contribution in [0.25, 0.3) is 11.2 Å². The molecule has 0 aliphatic carbocycles. The lowest BCUT2D eigenvalue weighted by molar-refractivity contribution is 0.102. The number of rotatable bonds is 2. The Kier molecular flexibility index (Phi) is 2.95. The molecule has 0 amide bonds. The van der Waals surface area contributed by atoms with Crippen molar-refractivity contribution in [2.75, 3.05) is 6.61 Å². The van der Waals surface area contributed by atoms with Gasteiger partial charge in [0.1, 0.15) is 0 Å². The van der Waals surface area contributed by atoms with E-state index in [1.807, 2.05) is 13.1 Å².